The van der Waals surface area contributed by atoms with Crippen molar-refractivity contribution in [1.29, 1.82) is 0 Å². The van der Waals surface area contributed by atoms with Crippen molar-refractivity contribution < 1.29 is 8.42 Å². The van der Waals surface area contributed by atoms with Crippen LogP contribution in [0.15, 0.2) is 0 Å². The van der Waals surface area contributed by atoms with Gasteiger partial charge in [0, 0.05) is 11.1 Å². The molecular formula is C10H21ClO2S. The molecule has 0 amide bonds. The van der Waals surface area contributed by atoms with Gasteiger partial charge in [0.15, 0.2) is 0 Å². The molecule has 14 heavy (non-hydrogen) atoms. The van der Waals surface area contributed by atoms with E-state index in [1.165, 1.54) is 0 Å². The van der Waals surface area contributed by atoms with Crippen LogP contribution >= 0.6 is 11.6 Å². The third-order valence-corrected chi connectivity index (χ3v) is 4.33. The van der Waals surface area contributed by atoms with Crippen LogP contribution in [0.4, 0.5) is 0 Å². The summed E-state index contributed by atoms with van der Waals surface area (Å²) in [6.45, 7) is 5.93. The van der Waals surface area contributed by atoms with E-state index in [0.29, 0.717) is 12.3 Å². The lowest BCUT2D eigenvalue weighted by molar-refractivity contribution is 0.538. The first-order valence-electron chi connectivity index (χ1n) is 5.22. The second-order valence-corrected chi connectivity index (χ2v) is 7.20. The second-order valence-electron chi connectivity index (χ2n) is 4.11. The Hall–Kier alpha value is 0.240. The van der Waals surface area contributed by atoms with Crippen molar-refractivity contribution in [3.63, 3.8) is 0 Å². The Kier molecular flexibility index (Phi) is 6.79. The van der Waals surface area contributed by atoms with E-state index in [4.69, 9.17) is 11.6 Å². The summed E-state index contributed by atoms with van der Waals surface area (Å²) in [6, 6.07) is 0. The minimum Gasteiger partial charge on any atom is -0.229 e. The summed E-state index contributed by atoms with van der Waals surface area (Å²) in [5, 5.41) is 0.127. The van der Waals surface area contributed by atoms with Gasteiger partial charge in [-0.25, -0.2) is 8.42 Å². The van der Waals surface area contributed by atoms with Gasteiger partial charge in [-0.3, -0.25) is 0 Å². The Balaban J connectivity index is 3.64. The second kappa shape index (κ2) is 6.67. The fourth-order valence-corrected chi connectivity index (χ4v) is 2.70. The van der Waals surface area contributed by atoms with Crippen molar-refractivity contribution >= 4 is 21.4 Å². The van der Waals surface area contributed by atoms with E-state index in [1.807, 2.05) is 0 Å². The van der Waals surface area contributed by atoms with E-state index < -0.39 is 9.84 Å². The molecular weight excluding hydrogens is 220 g/mol. The Labute approximate surface area is 93.0 Å². The Morgan fingerprint density at radius 1 is 1.29 bits per heavy atom. The van der Waals surface area contributed by atoms with Crippen LogP contribution < -0.4 is 0 Å². The topological polar surface area (TPSA) is 34.1 Å². The van der Waals surface area contributed by atoms with E-state index in [9.17, 15) is 8.42 Å². The molecule has 0 saturated heterocycles. The van der Waals surface area contributed by atoms with E-state index >= 15 is 0 Å². The zero-order valence-corrected chi connectivity index (χ0v) is 10.9. The summed E-state index contributed by atoms with van der Waals surface area (Å²) in [5.74, 6) is 1.11. The van der Waals surface area contributed by atoms with Gasteiger partial charge >= 0.3 is 0 Å². The largest absolute Gasteiger partial charge is 0.229 e. The van der Waals surface area contributed by atoms with Crippen LogP contribution in [0.25, 0.3) is 0 Å². The molecule has 0 radical (unpaired) electrons. The lowest BCUT2D eigenvalue weighted by Crippen LogP contribution is -2.11. The molecule has 0 rings (SSSR count). The highest BCUT2D eigenvalue weighted by Crippen LogP contribution is 2.16. The first kappa shape index (κ1) is 14.2. The summed E-state index contributed by atoms with van der Waals surface area (Å²) in [5.41, 5.74) is 0. The molecule has 0 aromatic rings. The molecule has 0 saturated carbocycles. The van der Waals surface area contributed by atoms with Gasteiger partial charge in [-0.05, 0) is 25.2 Å². The zero-order chi connectivity index (χ0) is 11.2. The lowest BCUT2D eigenvalue weighted by Gasteiger charge is -2.11. The van der Waals surface area contributed by atoms with Crippen LogP contribution in [0.2, 0.25) is 0 Å². The van der Waals surface area contributed by atoms with Crippen LogP contribution in [0.3, 0.4) is 0 Å². The first-order chi connectivity index (χ1) is 6.37. The number of rotatable bonds is 7. The molecule has 0 aliphatic rings. The first-order valence-corrected chi connectivity index (χ1v) is 7.47. The number of hydrogen-bond acceptors (Lipinski definition) is 2. The van der Waals surface area contributed by atoms with Gasteiger partial charge in [0.2, 0.25) is 0 Å². The predicted octanol–water partition coefficient (Wildman–Crippen LogP) is 2.85. The van der Waals surface area contributed by atoms with Crippen molar-refractivity contribution in [3.8, 4) is 0 Å². The van der Waals surface area contributed by atoms with Crippen molar-refractivity contribution in [2.45, 2.75) is 45.4 Å². The van der Waals surface area contributed by atoms with Crippen molar-refractivity contribution in [2.24, 2.45) is 5.92 Å². The molecule has 0 aromatic carbocycles. The van der Waals surface area contributed by atoms with Crippen LogP contribution in [0.1, 0.15) is 40.0 Å². The molecule has 0 aliphatic heterocycles. The highest BCUT2D eigenvalue weighted by molar-refractivity contribution is 7.91. The lowest BCUT2D eigenvalue weighted by atomic mass is 10.1. The monoisotopic (exact) mass is 240 g/mol. The molecule has 0 bridgehead atoms. The van der Waals surface area contributed by atoms with Gasteiger partial charge in [-0.1, -0.05) is 20.8 Å². The third-order valence-electron chi connectivity index (χ3n) is 2.14. The van der Waals surface area contributed by atoms with E-state index in [2.05, 4.69) is 13.8 Å². The maximum atomic E-state index is 11.2. The predicted molar refractivity (Wildman–Crippen MR) is 62.7 cm³/mol. The molecule has 0 spiro atoms. The summed E-state index contributed by atoms with van der Waals surface area (Å²) in [4.78, 5) is 0. The van der Waals surface area contributed by atoms with Gasteiger partial charge in [0.1, 0.15) is 9.84 Å². The average Bonchev–Trinajstić information content (AvgIpc) is 2.02. The van der Waals surface area contributed by atoms with Gasteiger partial charge < -0.3 is 0 Å². The van der Waals surface area contributed by atoms with Crippen molar-refractivity contribution in [3.05, 3.63) is 0 Å². The number of alkyl halides is 1. The van der Waals surface area contributed by atoms with Crippen LogP contribution in [0.5, 0.6) is 0 Å². The SMILES string of the molecule is CCS(=O)(=O)CCCC(Cl)CC(C)C. The summed E-state index contributed by atoms with van der Waals surface area (Å²) < 4.78 is 22.3. The van der Waals surface area contributed by atoms with Gasteiger partial charge in [0.25, 0.3) is 0 Å². The highest BCUT2D eigenvalue weighted by Gasteiger charge is 2.11. The smallest absolute Gasteiger partial charge is 0.150 e. The molecule has 0 heterocycles. The Morgan fingerprint density at radius 2 is 1.86 bits per heavy atom. The molecule has 0 aliphatic carbocycles. The molecule has 1 unspecified atom stereocenters. The standard InChI is InChI=1S/C10H21ClO2S/c1-4-14(12,13)7-5-6-10(11)8-9(2)3/h9-10H,4-8H2,1-3H3. The highest BCUT2D eigenvalue weighted by atomic mass is 35.5. The molecule has 0 N–H and O–H groups in total. The van der Waals surface area contributed by atoms with Crippen LogP contribution in [-0.4, -0.2) is 25.3 Å². The summed E-state index contributed by atoms with van der Waals surface area (Å²) >= 11 is 6.05. The number of halogens is 1. The Bertz CT molecular complexity index is 235. The van der Waals surface area contributed by atoms with E-state index in [-0.39, 0.29) is 16.9 Å². The molecule has 2 nitrogen and oxygen atoms in total. The van der Waals surface area contributed by atoms with Gasteiger partial charge in [-0.15, -0.1) is 11.6 Å². The minimum absolute atomic E-state index is 0.127. The quantitative estimate of drug-likeness (QED) is 0.642. The molecule has 86 valence electrons. The van der Waals surface area contributed by atoms with Gasteiger partial charge in [-0.2, -0.15) is 0 Å². The average molecular weight is 241 g/mol. The summed E-state index contributed by atoms with van der Waals surface area (Å²) in [7, 11) is -2.80. The van der Waals surface area contributed by atoms with Crippen LogP contribution in [0, 0.1) is 5.92 Å². The van der Waals surface area contributed by atoms with Crippen LogP contribution in [-0.2, 0) is 9.84 Å². The maximum absolute atomic E-state index is 11.2. The number of sulfone groups is 1. The van der Waals surface area contributed by atoms with Crippen molar-refractivity contribution in [1.82, 2.24) is 0 Å². The fraction of sp³-hybridized carbons (Fsp3) is 1.00. The molecule has 0 aromatic heterocycles. The summed E-state index contributed by atoms with van der Waals surface area (Å²) in [6.07, 6.45) is 2.46. The molecule has 1 atom stereocenters. The molecule has 4 heteroatoms. The number of hydrogen-bond donors (Lipinski definition) is 0. The molecule has 0 fully saturated rings. The van der Waals surface area contributed by atoms with Gasteiger partial charge in [0.05, 0.1) is 5.75 Å². The maximum Gasteiger partial charge on any atom is 0.150 e. The van der Waals surface area contributed by atoms with E-state index in [1.54, 1.807) is 6.92 Å². The van der Waals surface area contributed by atoms with E-state index in [0.717, 1.165) is 12.8 Å². The Morgan fingerprint density at radius 3 is 2.29 bits per heavy atom. The minimum atomic E-state index is -2.80. The normalized spacial score (nSPS) is 14.6. The zero-order valence-electron chi connectivity index (χ0n) is 9.29. The third kappa shape index (κ3) is 7.63. The van der Waals surface area contributed by atoms with Crippen molar-refractivity contribution in [2.75, 3.05) is 11.5 Å². The fourth-order valence-electron chi connectivity index (χ4n) is 1.30.